The minimum absolute atomic E-state index is 0.221. The van der Waals surface area contributed by atoms with E-state index in [4.69, 9.17) is 0 Å². The van der Waals surface area contributed by atoms with Gasteiger partial charge in [0.15, 0.2) is 5.78 Å². The van der Waals surface area contributed by atoms with Crippen molar-refractivity contribution < 1.29 is 4.79 Å². The standard InChI is InChI=1S/C15H21BrN2O/c1-12-11-18(10-9-17(12)2)8-7-15(19)13-5-3-4-6-14(13)16/h3-6,12H,7-11H2,1-2H3. The van der Waals surface area contributed by atoms with Crippen LogP contribution in [0.3, 0.4) is 0 Å². The van der Waals surface area contributed by atoms with Gasteiger partial charge in [-0.25, -0.2) is 0 Å². The number of nitrogens with zero attached hydrogens (tertiary/aromatic N) is 2. The largest absolute Gasteiger partial charge is 0.301 e. The van der Waals surface area contributed by atoms with Gasteiger partial charge in [-0.2, -0.15) is 0 Å². The van der Waals surface area contributed by atoms with Gasteiger partial charge in [0, 0.05) is 48.7 Å². The lowest BCUT2D eigenvalue weighted by Crippen LogP contribution is -2.50. The molecule has 1 fully saturated rings. The molecule has 1 aliphatic heterocycles. The summed E-state index contributed by atoms with van der Waals surface area (Å²) < 4.78 is 0.895. The summed E-state index contributed by atoms with van der Waals surface area (Å²) in [6.07, 6.45) is 0.596. The molecule has 1 aromatic rings. The van der Waals surface area contributed by atoms with Crippen LogP contribution >= 0.6 is 15.9 Å². The van der Waals surface area contributed by atoms with Gasteiger partial charge in [-0.3, -0.25) is 4.79 Å². The average molecular weight is 325 g/mol. The van der Waals surface area contributed by atoms with Gasteiger partial charge in [-0.1, -0.05) is 34.1 Å². The Balaban J connectivity index is 1.86. The molecular formula is C15H21BrN2O. The first-order valence-corrected chi connectivity index (χ1v) is 7.57. The van der Waals surface area contributed by atoms with E-state index in [-0.39, 0.29) is 5.78 Å². The third-order valence-corrected chi connectivity index (χ3v) is 4.56. The molecule has 0 amide bonds. The van der Waals surface area contributed by atoms with Crippen molar-refractivity contribution >= 4 is 21.7 Å². The van der Waals surface area contributed by atoms with Crippen molar-refractivity contribution in [2.75, 3.05) is 33.2 Å². The first-order chi connectivity index (χ1) is 9.08. The number of carbonyl (C=O) groups excluding carboxylic acids is 1. The molecule has 1 aromatic carbocycles. The number of hydrogen-bond acceptors (Lipinski definition) is 3. The highest BCUT2D eigenvalue weighted by atomic mass is 79.9. The Labute approximate surface area is 123 Å². The van der Waals surface area contributed by atoms with Crippen molar-refractivity contribution in [3.05, 3.63) is 34.3 Å². The van der Waals surface area contributed by atoms with Gasteiger partial charge in [-0.15, -0.1) is 0 Å². The molecule has 0 aliphatic carbocycles. The van der Waals surface area contributed by atoms with Crippen LogP contribution in [-0.4, -0.2) is 54.9 Å². The predicted molar refractivity (Wildman–Crippen MR) is 81.6 cm³/mol. The summed E-state index contributed by atoms with van der Waals surface area (Å²) in [6, 6.07) is 8.23. The molecule has 0 spiro atoms. The van der Waals surface area contributed by atoms with Crippen LogP contribution in [0.15, 0.2) is 28.7 Å². The molecule has 1 atom stereocenters. The van der Waals surface area contributed by atoms with E-state index in [9.17, 15) is 4.79 Å². The fourth-order valence-electron chi connectivity index (χ4n) is 2.41. The molecule has 0 radical (unpaired) electrons. The third-order valence-electron chi connectivity index (χ3n) is 3.87. The Morgan fingerprint density at radius 2 is 2.11 bits per heavy atom. The first-order valence-electron chi connectivity index (χ1n) is 6.78. The lowest BCUT2D eigenvalue weighted by atomic mass is 10.1. The molecule has 1 saturated heterocycles. The van der Waals surface area contributed by atoms with Crippen LogP contribution in [-0.2, 0) is 0 Å². The smallest absolute Gasteiger partial charge is 0.165 e. The van der Waals surface area contributed by atoms with Gasteiger partial charge < -0.3 is 9.80 Å². The van der Waals surface area contributed by atoms with Gasteiger partial charge in [0.2, 0.25) is 0 Å². The van der Waals surface area contributed by atoms with Crippen LogP contribution in [0.2, 0.25) is 0 Å². The fraction of sp³-hybridized carbons (Fsp3) is 0.533. The predicted octanol–water partition coefficient (Wildman–Crippen LogP) is 2.66. The van der Waals surface area contributed by atoms with Gasteiger partial charge in [-0.05, 0) is 20.0 Å². The summed E-state index contributed by atoms with van der Waals surface area (Å²) in [7, 11) is 2.16. The lowest BCUT2D eigenvalue weighted by molar-refractivity contribution is 0.0872. The zero-order chi connectivity index (χ0) is 13.8. The Hall–Kier alpha value is -0.710. The summed E-state index contributed by atoms with van der Waals surface area (Å²) in [5, 5.41) is 0. The number of carbonyl (C=O) groups is 1. The maximum Gasteiger partial charge on any atom is 0.165 e. The summed E-state index contributed by atoms with van der Waals surface area (Å²) in [6.45, 7) is 6.30. The van der Waals surface area contributed by atoms with Crippen molar-refractivity contribution in [3.63, 3.8) is 0 Å². The number of likely N-dealkylation sites (N-methyl/N-ethyl adjacent to an activating group) is 1. The highest BCUT2D eigenvalue weighted by Crippen LogP contribution is 2.18. The molecule has 0 N–H and O–H groups in total. The average Bonchev–Trinajstić information content (AvgIpc) is 2.40. The van der Waals surface area contributed by atoms with Crippen molar-refractivity contribution in [3.8, 4) is 0 Å². The number of Topliss-reactive ketones (excluding diaryl/α,β-unsaturated/α-hetero) is 1. The number of halogens is 1. The second-order valence-electron chi connectivity index (χ2n) is 5.28. The van der Waals surface area contributed by atoms with Crippen LogP contribution in [0.5, 0.6) is 0 Å². The summed E-state index contributed by atoms with van der Waals surface area (Å²) in [5.74, 6) is 0.221. The monoisotopic (exact) mass is 324 g/mol. The quantitative estimate of drug-likeness (QED) is 0.795. The summed E-state index contributed by atoms with van der Waals surface area (Å²) >= 11 is 3.44. The van der Waals surface area contributed by atoms with Gasteiger partial charge in [0.05, 0.1) is 0 Å². The minimum atomic E-state index is 0.221. The molecule has 19 heavy (non-hydrogen) atoms. The van der Waals surface area contributed by atoms with E-state index in [1.54, 1.807) is 0 Å². The summed E-state index contributed by atoms with van der Waals surface area (Å²) in [5.41, 5.74) is 0.796. The number of rotatable bonds is 4. The summed E-state index contributed by atoms with van der Waals surface area (Å²) in [4.78, 5) is 16.9. The molecule has 4 heteroatoms. The number of benzene rings is 1. The maximum absolute atomic E-state index is 12.2. The second kappa shape index (κ2) is 6.64. The van der Waals surface area contributed by atoms with E-state index in [0.717, 1.165) is 36.2 Å². The van der Waals surface area contributed by atoms with Gasteiger partial charge >= 0.3 is 0 Å². The SMILES string of the molecule is CC1CN(CCC(=O)c2ccccc2Br)CCN1C. The molecule has 104 valence electrons. The lowest BCUT2D eigenvalue weighted by Gasteiger charge is -2.37. The Morgan fingerprint density at radius 1 is 1.37 bits per heavy atom. The van der Waals surface area contributed by atoms with Crippen LogP contribution in [0.4, 0.5) is 0 Å². The van der Waals surface area contributed by atoms with E-state index in [0.29, 0.717) is 12.5 Å². The maximum atomic E-state index is 12.2. The second-order valence-corrected chi connectivity index (χ2v) is 6.14. The van der Waals surface area contributed by atoms with E-state index in [2.05, 4.69) is 39.7 Å². The Kier molecular flexibility index (Phi) is 5.13. The Morgan fingerprint density at radius 3 is 2.79 bits per heavy atom. The van der Waals surface area contributed by atoms with Crippen LogP contribution < -0.4 is 0 Å². The molecule has 0 saturated carbocycles. The zero-order valence-corrected chi connectivity index (χ0v) is 13.2. The molecule has 0 aromatic heterocycles. The molecule has 1 unspecified atom stereocenters. The Bertz CT molecular complexity index is 450. The van der Waals surface area contributed by atoms with Gasteiger partial charge in [0.1, 0.15) is 0 Å². The minimum Gasteiger partial charge on any atom is -0.301 e. The molecule has 1 aliphatic rings. The number of piperazine rings is 1. The first kappa shape index (κ1) is 14.7. The van der Waals surface area contributed by atoms with E-state index < -0.39 is 0 Å². The van der Waals surface area contributed by atoms with Crippen LogP contribution in [0.1, 0.15) is 23.7 Å². The molecular weight excluding hydrogens is 304 g/mol. The zero-order valence-electron chi connectivity index (χ0n) is 11.6. The van der Waals surface area contributed by atoms with Gasteiger partial charge in [0.25, 0.3) is 0 Å². The highest BCUT2D eigenvalue weighted by Gasteiger charge is 2.21. The fourth-order valence-corrected chi connectivity index (χ4v) is 2.91. The van der Waals surface area contributed by atoms with Crippen molar-refractivity contribution in [1.82, 2.24) is 9.80 Å². The molecule has 2 rings (SSSR count). The van der Waals surface area contributed by atoms with Crippen molar-refractivity contribution in [2.45, 2.75) is 19.4 Å². The number of hydrogen-bond donors (Lipinski definition) is 0. The molecule has 0 bridgehead atoms. The topological polar surface area (TPSA) is 23.6 Å². The normalized spacial score (nSPS) is 21.5. The molecule has 3 nitrogen and oxygen atoms in total. The number of ketones is 1. The third kappa shape index (κ3) is 3.88. The highest BCUT2D eigenvalue weighted by molar-refractivity contribution is 9.10. The van der Waals surface area contributed by atoms with Crippen LogP contribution in [0.25, 0.3) is 0 Å². The van der Waals surface area contributed by atoms with Crippen LogP contribution in [0, 0.1) is 0 Å². The van der Waals surface area contributed by atoms with E-state index in [1.165, 1.54) is 0 Å². The van der Waals surface area contributed by atoms with Crippen molar-refractivity contribution in [2.24, 2.45) is 0 Å². The molecule has 1 heterocycles. The van der Waals surface area contributed by atoms with E-state index >= 15 is 0 Å². The van der Waals surface area contributed by atoms with E-state index in [1.807, 2.05) is 24.3 Å². The van der Waals surface area contributed by atoms with Crippen molar-refractivity contribution in [1.29, 1.82) is 0 Å².